The van der Waals surface area contributed by atoms with Gasteiger partial charge in [-0.15, -0.1) is 0 Å². The predicted molar refractivity (Wildman–Crippen MR) is 115 cm³/mol. The molecule has 0 bridgehead atoms. The van der Waals surface area contributed by atoms with E-state index in [0.717, 1.165) is 16.0 Å². The Kier molecular flexibility index (Phi) is 6.58. The molecule has 0 saturated carbocycles. The smallest absolute Gasteiger partial charge is 0.343 e. The van der Waals surface area contributed by atoms with E-state index in [-0.39, 0.29) is 23.7 Å². The number of carbonyl (C=O) groups is 4. The lowest BCUT2D eigenvalue weighted by Gasteiger charge is -2.26. The molecular weight excluding hydrogens is 416 g/mol. The number of anilines is 1. The Bertz CT molecular complexity index is 1140. The first kappa shape index (κ1) is 22.5. The van der Waals surface area contributed by atoms with Gasteiger partial charge in [0.15, 0.2) is 18.1 Å². The zero-order valence-corrected chi connectivity index (χ0v) is 18.1. The van der Waals surface area contributed by atoms with Gasteiger partial charge in [-0.3, -0.25) is 14.9 Å². The van der Waals surface area contributed by atoms with Crippen LogP contribution in [-0.4, -0.2) is 44.6 Å². The minimum Gasteiger partial charge on any atom is -0.493 e. The van der Waals surface area contributed by atoms with Gasteiger partial charge in [-0.2, -0.15) is 0 Å². The molecule has 0 radical (unpaired) electrons. The second-order valence-electron chi connectivity index (χ2n) is 7.00. The van der Waals surface area contributed by atoms with E-state index in [4.69, 9.17) is 9.47 Å². The summed E-state index contributed by atoms with van der Waals surface area (Å²) in [4.78, 5) is 50.0. The summed E-state index contributed by atoms with van der Waals surface area (Å²) in [6, 6.07) is 8.98. The van der Waals surface area contributed by atoms with Gasteiger partial charge in [0.1, 0.15) is 5.57 Å². The van der Waals surface area contributed by atoms with E-state index < -0.39 is 23.8 Å². The van der Waals surface area contributed by atoms with Crippen molar-refractivity contribution in [2.75, 3.05) is 25.7 Å². The lowest BCUT2D eigenvalue weighted by molar-refractivity contribution is -0.143. The topological polar surface area (TPSA) is 111 Å². The van der Waals surface area contributed by atoms with E-state index >= 15 is 0 Å². The lowest BCUT2D eigenvalue weighted by atomic mass is 10.0. The fourth-order valence-corrected chi connectivity index (χ4v) is 3.01. The zero-order chi connectivity index (χ0) is 23.4. The first-order valence-electron chi connectivity index (χ1n) is 9.61. The third-order valence-corrected chi connectivity index (χ3v) is 4.92. The monoisotopic (exact) mass is 438 g/mol. The molecule has 1 saturated heterocycles. The molecule has 2 aromatic carbocycles. The van der Waals surface area contributed by atoms with Crippen molar-refractivity contribution in [1.29, 1.82) is 0 Å². The van der Waals surface area contributed by atoms with Crippen LogP contribution in [0.2, 0.25) is 0 Å². The Morgan fingerprint density at radius 2 is 1.75 bits per heavy atom. The molecule has 166 valence electrons. The maximum absolute atomic E-state index is 13.0. The van der Waals surface area contributed by atoms with Crippen LogP contribution >= 0.6 is 0 Å². The molecule has 2 aromatic rings. The maximum Gasteiger partial charge on any atom is 0.343 e. The average Bonchev–Trinajstić information content (AvgIpc) is 2.77. The van der Waals surface area contributed by atoms with Crippen LogP contribution in [0.3, 0.4) is 0 Å². The van der Waals surface area contributed by atoms with Crippen molar-refractivity contribution in [3.05, 3.63) is 58.7 Å². The van der Waals surface area contributed by atoms with E-state index in [2.05, 4.69) is 10.1 Å². The first-order valence-corrected chi connectivity index (χ1v) is 9.61. The summed E-state index contributed by atoms with van der Waals surface area (Å²) in [6.45, 7) is 3.47. The van der Waals surface area contributed by atoms with E-state index in [0.29, 0.717) is 11.3 Å². The number of esters is 1. The number of nitrogens with one attached hydrogen (secondary N) is 1. The molecule has 4 amide bonds. The number of barbiturate groups is 1. The Morgan fingerprint density at radius 1 is 1.00 bits per heavy atom. The summed E-state index contributed by atoms with van der Waals surface area (Å²) in [5, 5.41) is 2.19. The quantitative estimate of drug-likeness (QED) is 0.419. The second-order valence-corrected chi connectivity index (χ2v) is 7.00. The van der Waals surface area contributed by atoms with Gasteiger partial charge in [0.2, 0.25) is 0 Å². The van der Waals surface area contributed by atoms with Crippen LogP contribution in [-0.2, 0) is 19.1 Å². The summed E-state index contributed by atoms with van der Waals surface area (Å²) < 4.78 is 15.2. The molecule has 1 N–H and O–H groups in total. The number of ether oxygens (including phenoxy) is 3. The standard InChI is InChI=1S/C23H22N2O7/c1-13-5-7-16(9-14(13)2)25-22(28)17(21(27)24-23(25)29)10-15-6-8-18(19(11-15)30-3)32-12-20(26)31-4/h5-11H,12H2,1-4H3,(H,24,27,29)/b17-10-. The molecule has 3 rings (SSSR count). The van der Waals surface area contributed by atoms with Crippen molar-refractivity contribution in [1.82, 2.24) is 5.32 Å². The Balaban J connectivity index is 1.93. The average molecular weight is 438 g/mol. The number of carbonyl (C=O) groups excluding carboxylic acids is 4. The molecule has 1 aliphatic heterocycles. The maximum atomic E-state index is 13.0. The number of amides is 4. The van der Waals surface area contributed by atoms with Crippen molar-refractivity contribution in [2.45, 2.75) is 13.8 Å². The van der Waals surface area contributed by atoms with Crippen LogP contribution in [0.5, 0.6) is 11.5 Å². The van der Waals surface area contributed by atoms with Gasteiger partial charge in [-0.05, 0) is 60.9 Å². The number of rotatable bonds is 6. The van der Waals surface area contributed by atoms with Crippen LogP contribution < -0.4 is 19.7 Å². The summed E-state index contributed by atoms with van der Waals surface area (Å²) >= 11 is 0. The number of urea groups is 1. The molecule has 1 heterocycles. The summed E-state index contributed by atoms with van der Waals surface area (Å²) in [5.74, 6) is -1.53. The van der Waals surface area contributed by atoms with Crippen molar-refractivity contribution >= 4 is 35.6 Å². The van der Waals surface area contributed by atoms with Gasteiger partial charge in [-0.1, -0.05) is 12.1 Å². The SMILES string of the molecule is COC(=O)COc1ccc(/C=C2/C(=O)NC(=O)N(c3ccc(C)c(C)c3)C2=O)cc1OC. The fourth-order valence-electron chi connectivity index (χ4n) is 3.01. The second kappa shape index (κ2) is 9.34. The largest absolute Gasteiger partial charge is 0.493 e. The molecule has 9 nitrogen and oxygen atoms in total. The molecule has 9 heteroatoms. The Labute approximate surface area is 184 Å². The minimum absolute atomic E-state index is 0.215. The number of methoxy groups -OCH3 is 2. The van der Waals surface area contributed by atoms with Gasteiger partial charge >= 0.3 is 12.0 Å². The summed E-state index contributed by atoms with van der Waals surface area (Å²) in [6.07, 6.45) is 1.35. The van der Waals surface area contributed by atoms with E-state index in [1.165, 1.54) is 32.4 Å². The van der Waals surface area contributed by atoms with E-state index in [1.807, 2.05) is 13.8 Å². The highest BCUT2D eigenvalue weighted by atomic mass is 16.6. The van der Waals surface area contributed by atoms with Crippen molar-refractivity contribution in [3.8, 4) is 11.5 Å². The molecule has 0 aromatic heterocycles. The molecule has 1 aliphatic rings. The Morgan fingerprint density at radius 3 is 2.41 bits per heavy atom. The zero-order valence-electron chi connectivity index (χ0n) is 18.1. The number of imide groups is 2. The van der Waals surface area contributed by atoms with Gasteiger partial charge in [0.05, 0.1) is 19.9 Å². The highest BCUT2D eigenvalue weighted by Gasteiger charge is 2.36. The normalized spacial score (nSPS) is 14.9. The van der Waals surface area contributed by atoms with E-state index in [1.54, 1.807) is 24.3 Å². The predicted octanol–water partition coefficient (Wildman–Crippen LogP) is 2.53. The van der Waals surface area contributed by atoms with Crippen LogP contribution in [0.25, 0.3) is 6.08 Å². The van der Waals surface area contributed by atoms with Crippen LogP contribution in [0.1, 0.15) is 16.7 Å². The van der Waals surface area contributed by atoms with Crippen LogP contribution in [0.4, 0.5) is 10.5 Å². The van der Waals surface area contributed by atoms with Gasteiger partial charge in [-0.25, -0.2) is 14.5 Å². The molecule has 0 aliphatic carbocycles. The lowest BCUT2D eigenvalue weighted by Crippen LogP contribution is -2.54. The van der Waals surface area contributed by atoms with Crippen molar-refractivity contribution in [2.24, 2.45) is 0 Å². The van der Waals surface area contributed by atoms with Crippen LogP contribution in [0.15, 0.2) is 42.0 Å². The number of hydrogen-bond acceptors (Lipinski definition) is 7. The first-order chi connectivity index (χ1) is 15.2. The molecule has 1 fully saturated rings. The molecule has 0 spiro atoms. The molecule has 0 atom stereocenters. The van der Waals surface area contributed by atoms with Gasteiger partial charge < -0.3 is 14.2 Å². The number of benzene rings is 2. The number of aryl methyl sites for hydroxylation is 2. The third kappa shape index (κ3) is 4.61. The summed E-state index contributed by atoms with van der Waals surface area (Å²) in [5.41, 5.74) is 2.51. The van der Waals surface area contributed by atoms with Gasteiger partial charge in [0.25, 0.3) is 11.8 Å². The number of nitrogens with zero attached hydrogens (tertiary/aromatic N) is 1. The third-order valence-electron chi connectivity index (χ3n) is 4.92. The molecule has 0 unspecified atom stereocenters. The molecule has 32 heavy (non-hydrogen) atoms. The van der Waals surface area contributed by atoms with Crippen molar-refractivity contribution in [3.63, 3.8) is 0 Å². The van der Waals surface area contributed by atoms with Gasteiger partial charge in [0, 0.05) is 0 Å². The fraction of sp³-hybridized carbons (Fsp3) is 0.217. The number of hydrogen-bond donors (Lipinski definition) is 1. The van der Waals surface area contributed by atoms with E-state index in [9.17, 15) is 19.2 Å². The molecular formula is C23H22N2O7. The van der Waals surface area contributed by atoms with Crippen molar-refractivity contribution < 1.29 is 33.4 Å². The highest BCUT2D eigenvalue weighted by molar-refractivity contribution is 6.39. The highest BCUT2D eigenvalue weighted by Crippen LogP contribution is 2.30. The van der Waals surface area contributed by atoms with Crippen LogP contribution in [0, 0.1) is 13.8 Å². The Hall–Kier alpha value is -4.14. The summed E-state index contributed by atoms with van der Waals surface area (Å²) in [7, 11) is 2.66. The minimum atomic E-state index is -0.815.